The van der Waals surface area contributed by atoms with E-state index in [1.165, 1.54) is 24.3 Å². The molecule has 0 saturated carbocycles. The molecule has 0 saturated heterocycles. The second-order valence-corrected chi connectivity index (χ2v) is 3.12. The second kappa shape index (κ2) is 5.59. The zero-order valence-electron chi connectivity index (χ0n) is 8.66. The fraction of sp³-hybridized carbons (Fsp3) is 0.200. The summed E-state index contributed by atoms with van der Waals surface area (Å²) in [6.45, 7) is -0.344. The van der Waals surface area contributed by atoms with Crippen molar-refractivity contribution in [1.29, 1.82) is 0 Å². The number of nitrogens with zero attached hydrogens (tertiary/aromatic N) is 1. The van der Waals surface area contributed by atoms with Gasteiger partial charge < -0.3 is 9.94 Å². The van der Waals surface area contributed by atoms with Crippen molar-refractivity contribution < 1.29 is 24.6 Å². The number of aromatic carboxylic acids is 1. The molecule has 1 N–H and O–H groups in total. The lowest BCUT2D eigenvalue weighted by Gasteiger charge is -2.01. The Hall–Kier alpha value is -2.44. The second-order valence-electron chi connectivity index (χ2n) is 3.12. The Balaban J connectivity index is 2.65. The molecule has 0 spiro atoms. The summed E-state index contributed by atoms with van der Waals surface area (Å²) < 4.78 is 0. The van der Waals surface area contributed by atoms with Gasteiger partial charge in [-0.15, -0.1) is 10.1 Å². The maximum Gasteiger partial charge on any atom is 0.335 e. The molecule has 0 aliphatic rings. The largest absolute Gasteiger partial charge is 0.478 e. The molecule has 0 aliphatic carbocycles. The van der Waals surface area contributed by atoms with Crippen LogP contribution in [-0.4, -0.2) is 28.6 Å². The average Bonchev–Trinajstić information content (AvgIpc) is 2.28. The molecule has 0 amide bonds. The predicted molar refractivity (Wildman–Crippen MR) is 55.3 cm³/mol. The van der Waals surface area contributed by atoms with Crippen LogP contribution >= 0.6 is 0 Å². The van der Waals surface area contributed by atoms with E-state index in [4.69, 9.17) is 5.11 Å². The first-order valence-electron chi connectivity index (χ1n) is 4.64. The Bertz CT molecular complexity index is 456. The van der Waals surface area contributed by atoms with Crippen LogP contribution in [0.2, 0.25) is 0 Å². The van der Waals surface area contributed by atoms with E-state index in [0.717, 1.165) is 0 Å². The minimum Gasteiger partial charge on any atom is -0.478 e. The monoisotopic (exact) mass is 239 g/mol. The highest BCUT2D eigenvalue weighted by atomic mass is 16.9. The Morgan fingerprint density at radius 3 is 2.59 bits per heavy atom. The zero-order chi connectivity index (χ0) is 12.8. The SMILES string of the molecule is O=C(O)c1cccc(C(=O)CCO[N+](=O)[O-])c1. The third-order valence-electron chi connectivity index (χ3n) is 1.96. The van der Waals surface area contributed by atoms with Crippen LogP contribution in [0.5, 0.6) is 0 Å². The van der Waals surface area contributed by atoms with E-state index in [9.17, 15) is 19.7 Å². The lowest BCUT2D eigenvalue weighted by atomic mass is 10.1. The van der Waals surface area contributed by atoms with Gasteiger partial charge in [-0.2, -0.15) is 0 Å². The zero-order valence-corrected chi connectivity index (χ0v) is 8.66. The molecule has 1 rings (SSSR count). The van der Waals surface area contributed by atoms with E-state index in [0.29, 0.717) is 0 Å². The van der Waals surface area contributed by atoms with Crippen molar-refractivity contribution in [1.82, 2.24) is 0 Å². The molecule has 0 aliphatic heterocycles. The van der Waals surface area contributed by atoms with E-state index in [2.05, 4.69) is 4.84 Å². The summed E-state index contributed by atoms with van der Waals surface area (Å²) in [5.74, 6) is -1.55. The van der Waals surface area contributed by atoms with Crippen LogP contribution in [0.1, 0.15) is 27.1 Å². The third kappa shape index (κ3) is 3.90. The van der Waals surface area contributed by atoms with Crippen molar-refractivity contribution in [3.8, 4) is 0 Å². The van der Waals surface area contributed by atoms with Gasteiger partial charge in [-0.3, -0.25) is 4.79 Å². The lowest BCUT2D eigenvalue weighted by molar-refractivity contribution is -0.757. The third-order valence-corrected chi connectivity index (χ3v) is 1.96. The Morgan fingerprint density at radius 1 is 1.35 bits per heavy atom. The molecular formula is C10H9NO6. The van der Waals surface area contributed by atoms with Crippen molar-refractivity contribution >= 4 is 11.8 Å². The average molecular weight is 239 g/mol. The van der Waals surface area contributed by atoms with Gasteiger partial charge in [-0.05, 0) is 12.1 Å². The van der Waals surface area contributed by atoms with Crippen molar-refractivity contribution in [2.75, 3.05) is 6.61 Å². The highest BCUT2D eigenvalue weighted by Crippen LogP contribution is 2.08. The molecular weight excluding hydrogens is 230 g/mol. The normalized spacial score (nSPS) is 9.65. The summed E-state index contributed by atoms with van der Waals surface area (Å²) in [4.78, 5) is 36.0. The molecule has 17 heavy (non-hydrogen) atoms. The summed E-state index contributed by atoms with van der Waals surface area (Å²) in [7, 11) is 0. The van der Waals surface area contributed by atoms with Crippen LogP contribution in [0.15, 0.2) is 24.3 Å². The standard InChI is InChI=1S/C10H9NO6/c12-9(4-5-17-11(15)16)7-2-1-3-8(6-7)10(13)14/h1-3,6H,4-5H2,(H,13,14). The van der Waals surface area contributed by atoms with Gasteiger partial charge >= 0.3 is 5.97 Å². The van der Waals surface area contributed by atoms with Gasteiger partial charge in [0, 0.05) is 12.0 Å². The van der Waals surface area contributed by atoms with Gasteiger partial charge in [0.05, 0.1) is 5.56 Å². The number of Topliss-reactive ketones (excluding diaryl/α,β-unsaturated/α-hetero) is 1. The summed E-state index contributed by atoms with van der Waals surface area (Å²) in [6.07, 6.45) is -0.177. The quantitative estimate of drug-likeness (QED) is 0.453. The van der Waals surface area contributed by atoms with E-state index in [-0.39, 0.29) is 24.2 Å². The van der Waals surface area contributed by atoms with Crippen molar-refractivity contribution in [2.45, 2.75) is 6.42 Å². The highest BCUT2D eigenvalue weighted by molar-refractivity contribution is 5.98. The summed E-state index contributed by atoms with van der Waals surface area (Å²) in [6, 6.07) is 5.45. The molecule has 1 aromatic carbocycles. The minimum absolute atomic E-state index is 0.00829. The first kappa shape index (κ1) is 12.6. The number of ketones is 1. The molecule has 0 radical (unpaired) electrons. The maximum absolute atomic E-state index is 11.5. The van der Waals surface area contributed by atoms with Crippen molar-refractivity contribution in [2.24, 2.45) is 0 Å². The molecule has 0 unspecified atom stereocenters. The van der Waals surface area contributed by atoms with Crippen molar-refractivity contribution in [3.05, 3.63) is 45.5 Å². The van der Waals surface area contributed by atoms with E-state index < -0.39 is 16.8 Å². The molecule has 0 atom stereocenters. The fourth-order valence-corrected chi connectivity index (χ4v) is 1.18. The van der Waals surface area contributed by atoms with Gasteiger partial charge in [-0.25, -0.2) is 4.79 Å². The lowest BCUT2D eigenvalue weighted by Crippen LogP contribution is -2.09. The first-order chi connectivity index (χ1) is 8.00. The Kier molecular flexibility index (Phi) is 4.15. The van der Waals surface area contributed by atoms with Crippen LogP contribution in [0, 0.1) is 10.1 Å². The molecule has 1 aromatic rings. The highest BCUT2D eigenvalue weighted by Gasteiger charge is 2.10. The Labute approximate surface area is 95.7 Å². The molecule has 7 nitrogen and oxygen atoms in total. The number of carboxylic acids is 1. The van der Waals surface area contributed by atoms with Gasteiger partial charge in [0.15, 0.2) is 5.78 Å². The maximum atomic E-state index is 11.5. The topological polar surface area (TPSA) is 107 Å². The molecule has 0 heterocycles. The van der Waals surface area contributed by atoms with Crippen LogP contribution < -0.4 is 0 Å². The summed E-state index contributed by atoms with van der Waals surface area (Å²) >= 11 is 0. The Morgan fingerprint density at radius 2 is 2.00 bits per heavy atom. The van der Waals surface area contributed by atoms with Crippen LogP contribution in [0.25, 0.3) is 0 Å². The number of hydrogen-bond acceptors (Lipinski definition) is 5. The predicted octanol–water partition coefficient (Wildman–Crippen LogP) is 1.17. The smallest absolute Gasteiger partial charge is 0.335 e. The first-order valence-corrected chi connectivity index (χ1v) is 4.64. The summed E-state index contributed by atoms with van der Waals surface area (Å²) in [5, 5.41) is 17.6. The molecule has 0 fully saturated rings. The van der Waals surface area contributed by atoms with Gasteiger partial charge in [0.25, 0.3) is 5.09 Å². The number of carbonyl (C=O) groups excluding carboxylic acids is 1. The fourth-order valence-electron chi connectivity index (χ4n) is 1.18. The number of carboxylic acid groups (broad SMARTS) is 1. The van der Waals surface area contributed by atoms with Crippen LogP contribution in [0.4, 0.5) is 0 Å². The van der Waals surface area contributed by atoms with E-state index >= 15 is 0 Å². The van der Waals surface area contributed by atoms with Gasteiger partial charge in [0.1, 0.15) is 6.61 Å². The number of benzene rings is 1. The van der Waals surface area contributed by atoms with Gasteiger partial charge in [0.2, 0.25) is 0 Å². The van der Waals surface area contributed by atoms with E-state index in [1.54, 1.807) is 0 Å². The van der Waals surface area contributed by atoms with Crippen LogP contribution in [0.3, 0.4) is 0 Å². The molecule has 0 aromatic heterocycles. The van der Waals surface area contributed by atoms with Gasteiger partial charge in [-0.1, -0.05) is 12.1 Å². The van der Waals surface area contributed by atoms with Crippen molar-refractivity contribution in [3.63, 3.8) is 0 Å². The van der Waals surface area contributed by atoms with E-state index in [1.807, 2.05) is 0 Å². The number of rotatable bonds is 6. The minimum atomic E-state index is -1.14. The molecule has 90 valence electrons. The molecule has 7 heteroatoms. The number of carbonyl (C=O) groups is 2. The number of hydrogen-bond donors (Lipinski definition) is 1. The molecule has 0 bridgehead atoms. The van der Waals surface area contributed by atoms with Crippen LogP contribution in [-0.2, 0) is 4.84 Å². The summed E-state index contributed by atoms with van der Waals surface area (Å²) in [5.41, 5.74) is 0.183.